The highest BCUT2D eigenvalue weighted by Crippen LogP contribution is 2.33. The molecule has 0 saturated carbocycles. The fourth-order valence-corrected chi connectivity index (χ4v) is 3.27. The van der Waals surface area contributed by atoms with Gasteiger partial charge in [0.05, 0.1) is 13.0 Å². The van der Waals surface area contributed by atoms with E-state index in [9.17, 15) is 4.79 Å². The molecule has 0 amide bonds. The number of rotatable bonds is 4. The van der Waals surface area contributed by atoms with Crippen LogP contribution in [-0.2, 0) is 16.0 Å². The van der Waals surface area contributed by atoms with E-state index >= 15 is 0 Å². The lowest BCUT2D eigenvalue weighted by atomic mass is 10.00. The molecule has 1 atom stereocenters. The van der Waals surface area contributed by atoms with E-state index in [0.29, 0.717) is 31.2 Å². The molecule has 1 aromatic heterocycles. The maximum Gasteiger partial charge on any atom is 0.231 e. The number of Topliss-reactive ketones (excluding diaryl/α,β-unsaturated/α-hetero) is 1. The van der Waals surface area contributed by atoms with Crippen molar-refractivity contribution >= 4 is 11.4 Å². The van der Waals surface area contributed by atoms with Crippen molar-refractivity contribution in [3.8, 4) is 0 Å². The van der Waals surface area contributed by atoms with Gasteiger partial charge in [0, 0.05) is 24.5 Å². The van der Waals surface area contributed by atoms with Crippen LogP contribution in [0.5, 0.6) is 0 Å². The third kappa shape index (κ3) is 2.84. The second-order valence-corrected chi connectivity index (χ2v) is 6.03. The summed E-state index contributed by atoms with van der Waals surface area (Å²) in [6.07, 6.45) is 2.70. The van der Waals surface area contributed by atoms with Gasteiger partial charge in [-0.25, -0.2) is 0 Å². The molecule has 0 N–H and O–H groups in total. The molecule has 0 radical (unpaired) electrons. The van der Waals surface area contributed by atoms with Gasteiger partial charge in [-0.3, -0.25) is 4.79 Å². The number of ether oxygens (including phenoxy) is 1. The number of nitrogens with zero attached hydrogens (tertiary/aromatic N) is 2. The normalized spacial score (nSPS) is 21.4. The second-order valence-electron chi connectivity index (χ2n) is 6.03. The summed E-state index contributed by atoms with van der Waals surface area (Å²) in [6, 6.07) is 10.1. The predicted molar refractivity (Wildman–Crippen MR) is 83.8 cm³/mol. The minimum atomic E-state index is 0.188. The molecule has 1 aliphatic carbocycles. The molecule has 23 heavy (non-hydrogen) atoms. The lowest BCUT2D eigenvalue weighted by molar-refractivity contribution is -0.115. The topological polar surface area (TPSA) is 65.2 Å². The molecule has 2 aromatic rings. The first-order valence-corrected chi connectivity index (χ1v) is 8.02. The molecule has 2 aliphatic rings. The summed E-state index contributed by atoms with van der Waals surface area (Å²) >= 11 is 0. The lowest BCUT2D eigenvalue weighted by Crippen LogP contribution is -2.03. The Hall–Kier alpha value is -2.27. The Kier molecular flexibility index (Phi) is 3.79. The zero-order chi connectivity index (χ0) is 15.6. The number of aromatic nitrogens is 2. The van der Waals surface area contributed by atoms with E-state index in [1.54, 1.807) is 0 Å². The standard InChI is InChI=1S/C18H18N2O3/c21-16-7-6-14(12-4-2-1-3-5-12)15(16)10-17-19-18(20-23-17)13-8-9-22-11-13/h1-5,13H,6-11H2. The minimum Gasteiger partial charge on any atom is -0.381 e. The van der Waals surface area contributed by atoms with Crippen molar-refractivity contribution in [1.29, 1.82) is 0 Å². The fourth-order valence-electron chi connectivity index (χ4n) is 3.27. The zero-order valence-electron chi connectivity index (χ0n) is 12.8. The third-order valence-corrected chi connectivity index (χ3v) is 4.53. The molecule has 0 spiro atoms. The fraction of sp³-hybridized carbons (Fsp3) is 0.389. The first kappa shape index (κ1) is 14.3. The first-order valence-electron chi connectivity index (χ1n) is 8.02. The van der Waals surface area contributed by atoms with E-state index in [4.69, 9.17) is 9.26 Å². The van der Waals surface area contributed by atoms with Crippen LogP contribution in [0, 0.1) is 0 Å². The molecule has 4 rings (SSSR count). The Morgan fingerprint density at radius 2 is 2.04 bits per heavy atom. The summed E-state index contributed by atoms with van der Waals surface area (Å²) in [5.41, 5.74) is 3.03. The maximum atomic E-state index is 12.3. The van der Waals surface area contributed by atoms with Gasteiger partial charge in [0.15, 0.2) is 11.6 Å². The van der Waals surface area contributed by atoms with Gasteiger partial charge in [0.1, 0.15) is 0 Å². The minimum absolute atomic E-state index is 0.188. The van der Waals surface area contributed by atoms with E-state index in [-0.39, 0.29) is 11.7 Å². The SMILES string of the molecule is O=C1CCC(c2ccccc2)=C1Cc1nc(C2CCOC2)no1. The summed E-state index contributed by atoms with van der Waals surface area (Å²) in [5.74, 6) is 1.62. The number of hydrogen-bond acceptors (Lipinski definition) is 5. The van der Waals surface area contributed by atoms with Crippen molar-refractivity contribution < 1.29 is 14.1 Å². The van der Waals surface area contributed by atoms with Crippen LogP contribution in [0.25, 0.3) is 5.57 Å². The maximum absolute atomic E-state index is 12.3. The van der Waals surface area contributed by atoms with Crippen molar-refractivity contribution in [1.82, 2.24) is 10.1 Å². The molecular formula is C18H18N2O3. The largest absolute Gasteiger partial charge is 0.381 e. The lowest BCUT2D eigenvalue weighted by Gasteiger charge is -2.04. The number of carbonyl (C=O) groups excluding carboxylic acids is 1. The van der Waals surface area contributed by atoms with Gasteiger partial charge < -0.3 is 9.26 Å². The number of allylic oxidation sites excluding steroid dienone is 2. The molecule has 1 aliphatic heterocycles. The summed E-state index contributed by atoms with van der Waals surface area (Å²) < 4.78 is 10.7. The van der Waals surface area contributed by atoms with Gasteiger partial charge in [-0.15, -0.1) is 0 Å². The van der Waals surface area contributed by atoms with Crippen molar-refractivity contribution in [2.45, 2.75) is 31.6 Å². The molecule has 1 unspecified atom stereocenters. The van der Waals surface area contributed by atoms with Gasteiger partial charge in [0.2, 0.25) is 5.89 Å². The van der Waals surface area contributed by atoms with Crippen LogP contribution in [-0.4, -0.2) is 29.1 Å². The highest BCUT2D eigenvalue weighted by molar-refractivity contribution is 6.07. The molecule has 5 nitrogen and oxygen atoms in total. The third-order valence-electron chi connectivity index (χ3n) is 4.53. The summed E-state index contributed by atoms with van der Waals surface area (Å²) in [4.78, 5) is 16.7. The smallest absolute Gasteiger partial charge is 0.231 e. The second kappa shape index (κ2) is 6.08. The Bertz CT molecular complexity index is 743. The van der Waals surface area contributed by atoms with Crippen molar-refractivity contribution in [2.24, 2.45) is 0 Å². The highest BCUT2D eigenvalue weighted by Gasteiger charge is 2.27. The Labute approximate surface area is 134 Å². The number of hydrogen-bond donors (Lipinski definition) is 0. The Morgan fingerprint density at radius 3 is 2.83 bits per heavy atom. The van der Waals surface area contributed by atoms with Crippen LogP contribution in [0.4, 0.5) is 0 Å². The van der Waals surface area contributed by atoms with Crippen molar-refractivity contribution in [2.75, 3.05) is 13.2 Å². The monoisotopic (exact) mass is 310 g/mol. The molecule has 1 saturated heterocycles. The summed E-state index contributed by atoms with van der Waals surface area (Å²) in [6.45, 7) is 1.40. The highest BCUT2D eigenvalue weighted by atomic mass is 16.5. The van der Waals surface area contributed by atoms with E-state index in [0.717, 1.165) is 36.2 Å². The van der Waals surface area contributed by atoms with Gasteiger partial charge in [-0.05, 0) is 24.0 Å². The molecule has 118 valence electrons. The first-order chi connectivity index (χ1) is 11.3. The van der Waals surface area contributed by atoms with Gasteiger partial charge in [-0.1, -0.05) is 35.5 Å². The van der Waals surface area contributed by atoms with E-state index in [1.807, 2.05) is 30.3 Å². The molecule has 0 bridgehead atoms. The summed E-state index contributed by atoms with van der Waals surface area (Å²) in [5, 5.41) is 4.06. The van der Waals surface area contributed by atoms with Gasteiger partial charge >= 0.3 is 0 Å². The van der Waals surface area contributed by atoms with E-state index < -0.39 is 0 Å². The van der Waals surface area contributed by atoms with Gasteiger partial charge in [0.25, 0.3) is 0 Å². The predicted octanol–water partition coefficient (Wildman–Crippen LogP) is 2.93. The molecule has 2 heterocycles. The van der Waals surface area contributed by atoms with Crippen LogP contribution in [0.15, 0.2) is 40.4 Å². The molecule has 5 heteroatoms. The molecular weight excluding hydrogens is 292 g/mol. The Balaban J connectivity index is 1.60. The van der Waals surface area contributed by atoms with E-state index in [1.165, 1.54) is 0 Å². The average Bonchev–Trinajstić information content (AvgIpc) is 3.31. The van der Waals surface area contributed by atoms with Crippen molar-refractivity contribution in [3.05, 3.63) is 53.2 Å². The van der Waals surface area contributed by atoms with Crippen molar-refractivity contribution in [3.63, 3.8) is 0 Å². The zero-order valence-corrected chi connectivity index (χ0v) is 12.8. The van der Waals surface area contributed by atoms with Gasteiger partial charge in [-0.2, -0.15) is 4.98 Å². The van der Waals surface area contributed by atoms with Crippen LogP contribution in [0.3, 0.4) is 0 Å². The van der Waals surface area contributed by atoms with Crippen LogP contribution < -0.4 is 0 Å². The summed E-state index contributed by atoms with van der Waals surface area (Å²) in [7, 11) is 0. The quantitative estimate of drug-likeness (QED) is 0.868. The molecule has 1 fully saturated rings. The van der Waals surface area contributed by atoms with Crippen LogP contribution in [0.1, 0.15) is 42.5 Å². The Morgan fingerprint density at radius 1 is 1.17 bits per heavy atom. The van der Waals surface area contributed by atoms with Crippen LogP contribution in [0.2, 0.25) is 0 Å². The van der Waals surface area contributed by atoms with Crippen LogP contribution >= 0.6 is 0 Å². The average molecular weight is 310 g/mol. The van der Waals surface area contributed by atoms with E-state index in [2.05, 4.69) is 10.1 Å². The number of ketones is 1. The molecule has 1 aromatic carbocycles. The number of carbonyl (C=O) groups is 1. The number of benzene rings is 1.